The van der Waals surface area contributed by atoms with Crippen LogP contribution in [0.15, 0.2) is 41.6 Å². The van der Waals surface area contributed by atoms with Crippen molar-refractivity contribution in [2.75, 3.05) is 5.43 Å². The van der Waals surface area contributed by atoms with Crippen molar-refractivity contribution in [3.05, 3.63) is 42.1 Å². The molecule has 0 fully saturated rings. The van der Waals surface area contributed by atoms with E-state index in [1.165, 1.54) is 18.3 Å². The molecule has 0 aliphatic rings. The smallest absolute Gasteiger partial charge is 0.200 e. The van der Waals surface area contributed by atoms with Crippen molar-refractivity contribution in [3.63, 3.8) is 0 Å². The minimum Gasteiger partial charge on any atom is -0.504 e. The highest BCUT2D eigenvalue weighted by molar-refractivity contribution is 5.86. The molecule has 0 saturated carbocycles. The Hall–Kier alpha value is -2.76. The van der Waals surface area contributed by atoms with Gasteiger partial charge in [-0.05, 0) is 24.3 Å². The third-order valence-corrected chi connectivity index (χ3v) is 2.21. The summed E-state index contributed by atoms with van der Waals surface area (Å²) in [5.41, 5.74) is 2.93. The van der Waals surface area contributed by atoms with Crippen LogP contribution in [0.25, 0.3) is 0 Å². The van der Waals surface area contributed by atoms with Crippen LogP contribution >= 0.6 is 0 Å². The summed E-state index contributed by atoms with van der Waals surface area (Å²) < 4.78 is 0. The largest absolute Gasteiger partial charge is 0.504 e. The number of benzene rings is 1. The van der Waals surface area contributed by atoms with Crippen LogP contribution in [0.1, 0.15) is 5.56 Å². The van der Waals surface area contributed by atoms with Crippen LogP contribution in [-0.4, -0.2) is 26.5 Å². The highest BCUT2D eigenvalue weighted by atomic mass is 16.3. The van der Waals surface area contributed by atoms with E-state index in [-0.39, 0.29) is 11.3 Å². The van der Waals surface area contributed by atoms with Gasteiger partial charge >= 0.3 is 0 Å². The summed E-state index contributed by atoms with van der Waals surface area (Å²) in [4.78, 5) is 3.99. The molecular formula is C12H11N3O3. The van der Waals surface area contributed by atoms with Crippen LogP contribution in [0.3, 0.4) is 0 Å². The molecule has 92 valence electrons. The molecule has 0 bridgehead atoms. The lowest BCUT2D eigenvalue weighted by molar-refractivity contribution is 0.367. The van der Waals surface area contributed by atoms with E-state index in [0.29, 0.717) is 5.82 Å². The first kappa shape index (κ1) is 11.7. The quantitative estimate of drug-likeness (QED) is 0.374. The molecule has 0 aliphatic heterocycles. The molecule has 1 heterocycles. The fourth-order valence-electron chi connectivity index (χ4n) is 1.29. The second-order valence-electron chi connectivity index (χ2n) is 3.46. The van der Waals surface area contributed by atoms with Crippen LogP contribution in [-0.2, 0) is 0 Å². The lowest BCUT2D eigenvalue weighted by Gasteiger charge is -2.03. The van der Waals surface area contributed by atoms with Crippen molar-refractivity contribution in [2.24, 2.45) is 5.10 Å². The first-order valence-electron chi connectivity index (χ1n) is 5.12. The Kier molecular flexibility index (Phi) is 3.29. The van der Waals surface area contributed by atoms with Gasteiger partial charge in [0.15, 0.2) is 11.5 Å². The zero-order chi connectivity index (χ0) is 13.0. The Bertz CT molecular complexity index is 570. The van der Waals surface area contributed by atoms with Crippen molar-refractivity contribution in [1.29, 1.82) is 0 Å². The average molecular weight is 245 g/mol. The van der Waals surface area contributed by atoms with Gasteiger partial charge in [0.2, 0.25) is 5.75 Å². The van der Waals surface area contributed by atoms with Gasteiger partial charge in [0.05, 0.1) is 6.21 Å². The molecule has 0 saturated heterocycles. The maximum absolute atomic E-state index is 9.53. The van der Waals surface area contributed by atoms with Gasteiger partial charge in [-0.2, -0.15) is 5.10 Å². The van der Waals surface area contributed by atoms with Gasteiger partial charge in [-0.25, -0.2) is 4.98 Å². The molecule has 0 unspecified atom stereocenters. The number of hydrogen-bond donors (Lipinski definition) is 4. The number of nitrogens with one attached hydrogen (secondary N) is 1. The lowest BCUT2D eigenvalue weighted by Crippen LogP contribution is -1.92. The number of aromatic nitrogens is 1. The molecule has 0 spiro atoms. The maximum Gasteiger partial charge on any atom is 0.200 e. The van der Waals surface area contributed by atoms with Gasteiger partial charge in [0.1, 0.15) is 5.82 Å². The number of pyridine rings is 1. The number of aromatic hydroxyl groups is 3. The zero-order valence-corrected chi connectivity index (χ0v) is 9.28. The number of phenolic OH excluding ortho intramolecular Hbond substituents is 3. The Morgan fingerprint density at radius 2 is 1.89 bits per heavy atom. The van der Waals surface area contributed by atoms with Gasteiger partial charge in [-0.1, -0.05) is 6.07 Å². The first-order valence-corrected chi connectivity index (χ1v) is 5.12. The summed E-state index contributed by atoms with van der Waals surface area (Å²) in [6.45, 7) is 0. The van der Waals surface area contributed by atoms with Crippen LogP contribution in [0.2, 0.25) is 0 Å². The van der Waals surface area contributed by atoms with E-state index in [4.69, 9.17) is 5.11 Å². The molecule has 1 aromatic heterocycles. The summed E-state index contributed by atoms with van der Waals surface area (Å²) in [5.74, 6) is -0.836. The van der Waals surface area contributed by atoms with E-state index in [1.807, 2.05) is 0 Å². The normalized spacial score (nSPS) is 10.7. The topological polar surface area (TPSA) is 98.0 Å². The molecule has 2 rings (SSSR count). The van der Waals surface area contributed by atoms with Crippen LogP contribution in [0, 0.1) is 0 Å². The zero-order valence-electron chi connectivity index (χ0n) is 9.28. The van der Waals surface area contributed by atoms with Gasteiger partial charge in [0.25, 0.3) is 0 Å². The van der Waals surface area contributed by atoms with Gasteiger partial charge in [-0.3, -0.25) is 5.43 Å². The van der Waals surface area contributed by atoms with E-state index in [1.54, 1.807) is 24.4 Å². The average Bonchev–Trinajstić information content (AvgIpc) is 2.40. The summed E-state index contributed by atoms with van der Waals surface area (Å²) in [7, 11) is 0. The third-order valence-electron chi connectivity index (χ3n) is 2.21. The summed E-state index contributed by atoms with van der Waals surface area (Å²) in [5, 5.41) is 31.8. The molecule has 0 amide bonds. The van der Waals surface area contributed by atoms with E-state index in [0.717, 1.165) is 0 Å². The third kappa shape index (κ3) is 2.49. The molecule has 0 aliphatic carbocycles. The molecule has 18 heavy (non-hydrogen) atoms. The summed E-state index contributed by atoms with van der Waals surface area (Å²) in [6.07, 6.45) is 2.92. The monoisotopic (exact) mass is 245 g/mol. The number of hydrazone groups is 1. The summed E-state index contributed by atoms with van der Waals surface area (Å²) >= 11 is 0. The number of rotatable bonds is 3. The SMILES string of the molecule is Oc1ccc(/C=N/Nc2ccccn2)c(O)c1O. The minimum absolute atomic E-state index is 0.272. The van der Waals surface area contributed by atoms with E-state index < -0.39 is 11.5 Å². The molecule has 6 nitrogen and oxygen atoms in total. The van der Waals surface area contributed by atoms with Gasteiger partial charge in [-0.15, -0.1) is 0 Å². The highest BCUT2D eigenvalue weighted by Gasteiger charge is 2.08. The second kappa shape index (κ2) is 5.05. The van der Waals surface area contributed by atoms with E-state index in [9.17, 15) is 10.2 Å². The number of phenols is 3. The molecule has 6 heteroatoms. The van der Waals surface area contributed by atoms with Gasteiger partial charge < -0.3 is 15.3 Å². The van der Waals surface area contributed by atoms with Crippen LogP contribution < -0.4 is 5.43 Å². The van der Waals surface area contributed by atoms with E-state index >= 15 is 0 Å². The van der Waals surface area contributed by atoms with Gasteiger partial charge in [0, 0.05) is 11.8 Å². The predicted molar refractivity (Wildman–Crippen MR) is 66.9 cm³/mol. The Labute approximate surface area is 103 Å². The molecule has 4 N–H and O–H groups in total. The van der Waals surface area contributed by atoms with Crippen molar-refractivity contribution < 1.29 is 15.3 Å². The molecule has 1 aromatic carbocycles. The van der Waals surface area contributed by atoms with Crippen molar-refractivity contribution in [3.8, 4) is 17.2 Å². The Balaban J connectivity index is 2.13. The molecule has 0 atom stereocenters. The number of anilines is 1. The Morgan fingerprint density at radius 3 is 2.61 bits per heavy atom. The second-order valence-corrected chi connectivity index (χ2v) is 3.46. The fourth-order valence-corrected chi connectivity index (χ4v) is 1.29. The summed E-state index contributed by atoms with van der Waals surface area (Å²) in [6, 6.07) is 7.99. The van der Waals surface area contributed by atoms with Crippen molar-refractivity contribution in [2.45, 2.75) is 0 Å². The van der Waals surface area contributed by atoms with E-state index in [2.05, 4.69) is 15.5 Å². The number of hydrogen-bond acceptors (Lipinski definition) is 6. The fraction of sp³-hybridized carbons (Fsp3) is 0. The van der Waals surface area contributed by atoms with Crippen LogP contribution in [0.5, 0.6) is 17.2 Å². The number of nitrogens with zero attached hydrogens (tertiary/aromatic N) is 2. The Morgan fingerprint density at radius 1 is 1.06 bits per heavy atom. The predicted octanol–water partition coefficient (Wildman–Crippen LogP) is 1.64. The maximum atomic E-state index is 9.53. The first-order chi connectivity index (χ1) is 8.68. The minimum atomic E-state index is -0.572. The van der Waals surface area contributed by atoms with Crippen molar-refractivity contribution >= 4 is 12.0 Å². The van der Waals surface area contributed by atoms with Crippen molar-refractivity contribution in [1.82, 2.24) is 4.98 Å². The molecular weight excluding hydrogens is 234 g/mol. The lowest BCUT2D eigenvalue weighted by atomic mass is 10.2. The molecule has 0 radical (unpaired) electrons. The molecule has 2 aromatic rings. The standard InChI is InChI=1S/C12H11N3O3/c16-9-5-4-8(11(17)12(9)18)7-14-15-10-3-1-2-6-13-10/h1-7,16-18H,(H,13,15)/b14-7+. The van der Waals surface area contributed by atoms with Crippen LogP contribution in [0.4, 0.5) is 5.82 Å². The highest BCUT2D eigenvalue weighted by Crippen LogP contribution is 2.36.